The molecule has 0 aliphatic rings. The normalized spacial score (nSPS) is 13.1. The Morgan fingerprint density at radius 2 is 1.55 bits per heavy atom. The van der Waals surface area contributed by atoms with Gasteiger partial charge in [0.2, 0.25) is 0 Å². The van der Waals surface area contributed by atoms with Crippen molar-refractivity contribution >= 4 is 0 Å². The van der Waals surface area contributed by atoms with Crippen LogP contribution in [0.25, 0.3) is 0 Å². The summed E-state index contributed by atoms with van der Waals surface area (Å²) >= 11 is 0. The molecule has 0 aliphatic carbocycles. The van der Waals surface area contributed by atoms with Gasteiger partial charge in [0.1, 0.15) is 0 Å². The zero-order chi connectivity index (χ0) is 9.07. The van der Waals surface area contributed by atoms with Crippen molar-refractivity contribution in [2.24, 2.45) is 0 Å². The van der Waals surface area contributed by atoms with Crippen molar-refractivity contribution in [3.05, 3.63) is 0 Å². The van der Waals surface area contributed by atoms with Gasteiger partial charge in [-0.25, -0.2) is 10.0 Å². The van der Waals surface area contributed by atoms with E-state index in [4.69, 9.17) is 0 Å². The van der Waals surface area contributed by atoms with Gasteiger partial charge in [-0.05, 0) is 20.3 Å². The molecule has 0 N–H and O–H groups in total. The number of rotatable bonds is 4. The van der Waals surface area contributed by atoms with Crippen molar-refractivity contribution in [1.82, 2.24) is 10.0 Å². The van der Waals surface area contributed by atoms with Gasteiger partial charge in [-0.15, -0.1) is 0 Å². The zero-order valence-corrected chi connectivity index (χ0v) is 8.81. The van der Waals surface area contributed by atoms with Gasteiger partial charge in [0.05, 0.1) is 0 Å². The Labute approximate surface area is 71.1 Å². The van der Waals surface area contributed by atoms with Gasteiger partial charge in [-0.1, -0.05) is 13.3 Å². The molecule has 68 valence electrons. The summed E-state index contributed by atoms with van der Waals surface area (Å²) in [6.45, 7) is 6.78. The van der Waals surface area contributed by atoms with Crippen LogP contribution in [0.2, 0.25) is 0 Å². The molecule has 0 spiro atoms. The highest BCUT2D eigenvalue weighted by molar-refractivity contribution is 4.75. The predicted molar refractivity (Wildman–Crippen MR) is 50.4 cm³/mol. The molecule has 0 aromatic heterocycles. The van der Waals surface area contributed by atoms with E-state index in [0.29, 0.717) is 0 Å². The van der Waals surface area contributed by atoms with Crippen LogP contribution in [0.4, 0.5) is 0 Å². The van der Waals surface area contributed by atoms with Gasteiger partial charge in [0, 0.05) is 26.7 Å². The molecule has 0 unspecified atom stereocenters. The second kappa shape index (κ2) is 4.07. The maximum Gasteiger partial charge on any atom is 0.0296 e. The maximum absolute atomic E-state index is 2.27. The lowest BCUT2D eigenvalue weighted by Gasteiger charge is -2.39. The summed E-state index contributed by atoms with van der Waals surface area (Å²) < 4.78 is 0. The lowest BCUT2D eigenvalue weighted by atomic mass is 9.99. The first kappa shape index (κ1) is 10.9. The third-order valence-corrected chi connectivity index (χ3v) is 2.34. The SMILES string of the molecule is CCCC(C)(C)N(C)N(C)C. The average Bonchev–Trinajstić information content (AvgIpc) is 1.86. The Balaban J connectivity index is 4.05. The van der Waals surface area contributed by atoms with Crippen LogP contribution in [0, 0.1) is 0 Å². The fourth-order valence-electron chi connectivity index (χ4n) is 1.32. The van der Waals surface area contributed by atoms with Gasteiger partial charge < -0.3 is 0 Å². The van der Waals surface area contributed by atoms with E-state index in [2.05, 4.69) is 51.9 Å². The van der Waals surface area contributed by atoms with E-state index >= 15 is 0 Å². The van der Waals surface area contributed by atoms with Crippen LogP contribution in [0.5, 0.6) is 0 Å². The van der Waals surface area contributed by atoms with E-state index in [1.165, 1.54) is 12.8 Å². The minimum atomic E-state index is 0.290. The topological polar surface area (TPSA) is 6.48 Å². The van der Waals surface area contributed by atoms with Crippen LogP contribution < -0.4 is 0 Å². The molecule has 0 aliphatic heterocycles. The van der Waals surface area contributed by atoms with Crippen molar-refractivity contribution < 1.29 is 0 Å². The van der Waals surface area contributed by atoms with E-state index in [-0.39, 0.29) is 5.54 Å². The van der Waals surface area contributed by atoms with Crippen molar-refractivity contribution in [1.29, 1.82) is 0 Å². The van der Waals surface area contributed by atoms with Crippen LogP contribution in [0.3, 0.4) is 0 Å². The Hall–Kier alpha value is -0.0800. The average molecular weight is 158 g/mol. The molecule has 11 heavy (non-hydrogen) atoms. The van der Waals surface area contributed by atoms with Crippen LogP contribution in [0.15, 0.2) is 0 Å². The monoisotopic (exact) mass is 158 g/mol. The van der Waals surface area contributed by atoms with Crippen molar-refractivity contribution in [3.8, 4) is 0 Å². The molecule has 0 saturated carbocycles. The molecule has 0 saturated heterocycles. The van der Waals surface area contributed by atoms with E-state index in [9.17, 15) is 0 Å². The van der Waals surface area contributed by atoms with Crippen molar-refractivity contribution in [2.75, 3.05) is 21.1 Å². The maximum atomic E-state index is 2.27. The standard InChI is InChI=1S/C9H22N2/c1-7-8-9(2,3)11(6)10(4)5/h7-8H2,1-6H3. The highest BCUT2D eigenvalue weighted by Crippen LogP contribution is 2.18. The predicted octanol–water partition coefficient (Wildman–Crippen LogP) is 1.97. The van der Waals surface area contributed by atoms with Gasteiger partial charge in [0.25, 0.3) is 0 Å². The molecule has 0 bridgehead atoms. The molecule has 2 nitrogen and oxygen atoms in total. The quantitative estimate of drug-likeness (QED) is 0.577. The Bertz CT molecular complexity index is 108. The van der Waals surface area contributed by atoms with E-state index in [0.717, 1.165) is 0 Å². The summed E-state index contributed by atoms with van der Waals surface area (Å²) in [5.74, 6) is 0. The molecule has 0 heterocycles. The first-order valence-electron chi connectivity index (χ1n) is 4.33. The summed E-state index contributed by atoms with van der Waals surface area (Å²) in [6, 6.07) is 0. The lowest BCUT2D eigenvalue weighted by Crippen LogP contribution is -2.48. The number of nitrogens with zero attached hydrogens (tertiary/aromatic N) is 2. The molecular weight excluding hydrogens is 136 g/mol. The fraction of sp³-hybridized carbons (Fsp3) is 1.00. The van der Waals surface area contributed by atoms with E-state index in [1.54, 1.807) is 0 Å². The molecular formula is C9H22N2. The third kappa shape index (κ3) is 3.21. The first-order valence-corrected chi connectivity index (χ1v) is 4.33. The second-order valence-corrected chi connectivity index (χ2v) is 3.93. The molecule has 2 heteroatoms. The van der Waals surface area contributed by atoms with Gasteiger partial charge in [-0.2, -0.15) is 0 Å². The Morgan fingerprint density at radius 1 is 1.09 bits per heavy atom. The van der Waals surface area contributed by atoms with Crippen LogP contribution in [-0.4, -0.2) is 36.7 Å². The smallest absolute Gasteiger partial charge is 0.0296 e. The number of hydrogen-bond donors (Lipinski definition) is 0. The Kier molecular flexibility index (Phi) is 4.04. The van der Waals surface area contributed by atoms with E-state index < -0.39 is 0 Å². The van der Waals surface area contributed by atoms with Gasteiger partial charge in [0.15, 0.2) is 0 Å². The molecule has 0 amide bonds. The van der Waals surface area contributed by atoms with Crippen LogP contribution >= 0.6 is 0 Å². The lowest BCUT2D eigenvalue weighted by molar-refractivity contribution is -0.0402. The van der Waals surface area contributed by atoms with E-state index in [1.807, 2.05) is 0 Å². The molecule has 0 rings (SSSR count). The molecule has 0 fully saturated rings. The highest BCUT2D eigenvalue weighted by atomic mass is 15.6. The van der Waals surface area contributed by atoms with Gasteiger partial charge in [-0.3, -0.25) is 0 Å². The third-order valence-electron chi connectivity index (χ3n) is 2.34. The summed E-state index contributed by atoms with van der Waals surface area (Å²) in [5, 5.41) is 4.41. The van der Waals surface area contributed by atoms with Crippen LogP contribution in [-0.2, 0) is 0 Å². The first-order chi connectivity index (χ1) is 4.91. The zero-order valence-electron chi connectivity index (χ0n) is 8.81. The molecule has 0 aromatic carbocycles. The molecule has 0 atom stereocenters. The minimum Gasteiger partial charge on any atom is -0.248 e. The number of hydrazine groups is 1. The Morgan fingerprint density at radius 3 is 1.82 bits per heavy atom. The van der Waals surface area contributed by atoms with Crippen LogP contribution in [0.1, 0.15) is 33.6 Å². The summed E-state index contributed by atoms with van der Waals surface area (Å²) in [6.07, 6.45) is 2.48. The summed E-state index contributed by atoms with van der Waals surface area (Å²) in [4.78, 5) is 0. The highest BCUT2D eigenvalue weighted by Gasteiger charge is 2.23. The molecule has 0 radical (unpaired) electrons. The van der Waals surface area contributed by atoms with Gasteiger partial charge >= 0.3 is 0 Å². The van der Waals surface area contributed by atoms with Crippen molar-refractivity contribution in [2.45, 2.75) is 39.2 Å². The fourth-order valence-corrected chi connectivity index (χ4v) is 1.32. The minimum absolute atomic E-state index is 0.290. The summed E-state index contributed by atoms with van der Waals surface area (Å²) in [7, 11) is 6.30. The summed E-state index contributed by atoms with van der Waals surface area (Å²) in [5.41, 5.74) is 0.290. The number of hydrogen-bond acceptors (Lipinski definition) is 2. The van der Waals surface area contributed by atoms with Crippen molar-refractivity contribution in [3.63, 3.8) is 0 Å². The largest absolute Gasteiger partial charge is 0.248 e. The second-order valence-electron chi connectivity index (χ2n) is 3.93. The molecule has 0 aromatic rings.